The number of hydrogen-bond donors (Lipinski definition) is 3. The van der Waals surface area contributed by atoms with E-state index in [0.717, 1.165) is 12.8 Å². The molecular formula is C14H20BrFN2O2. The van der Waals surface area contributed by atoms with Gasteiger partial charge < -0.3 is 15.7 Å². The van der Waals surface area contributed by atoms with Gasteiger partial charge >= 0.3 is 6.03 Å². The monoisotopic (exact) mass is 346 g/mol. The summed E-state index contributed by atoms with van der Waals surface area (Å²) in [6.45, 7) is 4.57. The molecule has 0 spiro atoms. The molecule has 0 atom stereocenters. The van der Waals surface area contributed by atoms with Crippen molar-refractivity contribution in [2.45, 2.75) is 26.7 Å². The number of nitrogens with one attached hydrogen (secondary N) is 2. The summed E-state index contributed by atoms with van der Waals surface area (Å²) in [5, 5.41) is 14.4. The zero-order chi connectivity index (χ0) is 15.2. The first-order chi connectivity index (χ1) is 9.34. The molecule has 1 rings (SSSR count). The maximum absolute atomic E-state index is 13.3. The Morgan fingerprint density at radius 2 is 2.15 bits per heavy atom. The van der Waals surface area contributed by atoms with E-state index in [0.29, 0.717) is 16.7 Å². The third kappa shape index (κ3) is 5.88. The van der Waals surface area contributed by atoms with Gasteiger partial charge in [-0.2, -0.15) is 0 Å². The molecule has 0 saturated carbocycles. The van der Waals surface area contributed by atoms with Crippen LogP contribution in [0.2, 0.25) is 0 Å². The van der Waals surface area contributed by atoms with Gasteiger partial charge in [0.2, 0.25) is 0 Å². The van der Waals surface area contributed by atoms with Gasteiger partial charge in [0.05, 0.1) is 4.47 Å². The van der Waals surface area contributed by atoms with Crippen LogP contribution in [-0.2, 0) is 0 Å². The molecule has 1 aromatic rings. The number of urea groups is 1. The number of amides is 2. The second-order valence-corrected chi connectivity index (χ2v) is 6.29. The van der Waals surface area contributed by atoms with Crippen molar-refractivity contribution in [2.24, 2.45) is 5.41 Å². The number of aliphatic hydroxyl groups excluding tert-OH is 1. The van der Waals surface area contributed by atoms with Gasteiger partial charge in [0.25, 0.3) is 0 Å². The smallest absolute Gasteiger partial charge is 0.319 e. The summed E-state index contributed by atoms with van der Waals surface area (Å²) in [6.07, 6.45) is 1.59. The average molecular weight is 347 g/mol. The van der Waals surface area contributed by atoms with Gasteiger partial charge in [-0.25, -0.2) is 9.18 Å². The Kier molecular flexibility index (Phi) is 6.42. The van der Waals surface area contributed by atoms with Crippen molar-refractivity contribution >= 4 is 27.6 Å². The molecule has 3 N–H and O–H groups in total. The van der Waals surface area contributed by atoms with E-state index in [1.165, 1.54) is 12.1 Å². The Labute approximate surface area is 126 Å². The van der Waals surface area contributed by atoms with Gasteiger partial charge in [0.1, 0.15) is 5.82 Å². The van der Waals surface area contributed by atoms with Crippen LogP contribution in [0.25, 0.3) is 0 Å². The summed E-state index contributed by atoms with van der Waals surface area (Å²) in [4.78, 5) is 11.6. The van der Waals surface area contributed by atoms with Gasteiger partial charge in [0, 0.05) is 18.8 Å². The second kappa shape index (κ2) is 7.59. The van der Waals surface area contributed by atoms with E-state index in [1.54, 1.807) is 6.07 Å². The summed E-state index contributed by atoms with van der Waals surface area (Å²) in [5.41, 5.74) is 0.270. The van der Waals surface area contributed by atoms with Crippen molar-refractivity contribution in [3.63, 3.8) is 0 Å². The largest absolute Gasteiger partial charge is 0.396 e. The fraction of sp³-hybridized carbons (Fsp3) is 0.500. The van der Waals surface area contributed by atoms with Crippen molar-refractivity contribution in [3.8, 4) is 0 Å². The number of aliphatic hydroxyl groups is 1. The maximum Gasteiger partial charge on any atom is 0.319 e. The highest BCUT2D eigenvalue weighted by Gasteiger charge is 2.15. The van der Waals surface area contributed by atoms with E-state index >= 15 is 0 Å². The molecule has 20 heavy (non-hydrogen) atoms. The lowest BCUT2D eigenvalue weighted by atomic mass is 9.89. The molecular weight excluding hydrogens is 327 g/mol. The predicted octanol–water partition coefficient (Wildman–Crippen LogP) is 3.51. The molecule has 0 heterocycles. The minimum atomic E-state index is -0.424. The van der Waals surface area contributed by atoms with Gasteiger partial charge in [-0.05, 0) is 52.4 Å². The maximum atomic E-state index is 13.3. The normalized spacial score (nSPS) is 11.2. The van der Waals surface area contributed by atoms with E-state index < -0.39 is 5.82 Å². The first-order valence-corrected chi connectivity index (χ1v) is 7.24. The fourth-order valence-corrected chi connectivity index (χ4v) is 1.84. The summed E-state index contributed by atoms with van der Waals surface area (Å²) in [6, 6.07) is 4.03. The van der Waals surface area contributed by atoms with Crippen LogP contribution in [0.5, 0.6) is 0 Å². The van der Waals surface area contributed by atoms with E-state index in [1.807, 2.05) is 13.8 Å². The number of carbonyl (C=O) groups is 1. The summed E-state index contributed by atoms with van der Waals surface area (Å²) >= 11 is 3.05. The zero-order valence-electron chi connectivity index (χ0n) is 11.7. The van der Waals surface area contributed by atoms with E-state index in [2.05, 4.69) is 26.6 Å². The van der Waals surface area contributed by atoms with Crippen molar-refractivity contribution in [1.82, 2.24) is 5.32 Å². The highest BCUT2D eigenvalue weighted by Crippen LogP contribution is 2.21. The number of rotatable bonds is 6. The van der Waals surface area contributed by atoms with Crippen molar-refractivity contribution in [2.75, 3.05) is 18.5 Å². The molecule has 0 saturated heterocycles. The van der Waals surface area contributed by atoms with E-state index in [9.17, 15) is 9.18 Å². The molecule has 6 heteroatoms. The van der Waals surface area contributed by atoms with Gasteiger partial charge in [-0.15, -0.1) is 0 Å². The van der Waals surface area contributed by atoms with Gasteiger partial charge in [-0.1, -0.05) is 13.8 Å². The van der Waals surface area contributed by atoms with E-state index in [-0.39, 0.29) is 18.1 Å². The van der Waals surface area contributed by atoms with Crippen LogP contribution in [-0.4, -0.2) is 24.3 Å². The minimum Gasteiger partial charge on any atom is -0.396 e. The van der Waals surface area contributed by atoms with Crippen LogP contribution >= 0.6 is 15.9 Å². The molecule has 0 aliphatic heterocycles. The summed E-state index contributed by atoms with van der Waals surface area (Å²) in [5.74, 6) is -0.424. The number of benzene rings is 1. The van der Waals surface area contributed by atoms with Crippen molar-refractivity contribution in [1.29, 1.82) is 0 Å². The minimum absolute atomic E-state index is 0.122. The number of carbonyl (C=O) groups excluding carboxylic acids is 1. The number of halogens is 2. The highest BCUT2D eigenvalue weighted by atomic mass is 79.9. The van der Waals surface area contributed by atoms with Crippen LogP contribution in [0.4, 0.5) is 14.9 Å². The third-order valence-electron chi connectivity index (χ3n) is 2.92. The predicted molar refractivity (Wildman–Crippen MR) is 81.2 cm³/mol. The number of hydrogen-bond acceptors (Lipinski definition) is 2. The second-order valence-electron chi connectivity index (χ2n) is 5.44. The summed E-state index contributed by atoms with van der Waals surface area (Å²) < 4.78 is 13.6. The van der Waals surface area contributed by atoms with Crippen LogP contribution in [0.1, 0.15) is 26.7 Å². The zero-order valence-corrected chi connectivity index (χ0v) is 13.3. The molecule has 0 radical (unpaired) electrons. The average Bonchev–Trinajstić information content (AvgIpc) is 2.39. The van der Waals surface area contributed by atoms with Gasteiger partial charge in [0.15, 0.2) is 0 Å². The topological polar surface area (TPSA) is 61.4 Å². The van der Waals surface area contributed by atoms with Crippen LogP contribution in [0, 0.1) is 11.2 Å². The Hall–Kier alpha value is -1.14. The Morgan fingerprint density at radius 1 is 1.45 bits per heavy atom. The standard InChI is InChI=1S/C14H20BrFN2O2/c1-14(2,9-19)6-3-7-17-13(20)18-10-4-5-11(15)12(16)8-10/h4-5,8,19H,3,6-7,9H2,1-2H3,(H2,17,18,20). The van der Waals surface area contributed by atoms with Gasteiger partial charge in [-0.3, -0.25) is 0 Å². The molecule has 0 bridgehead atoms. The first kappa shape index (κ1) is 16.9. The highest BCUT2D eigenvalue weighted by molar-refractivity contribution is 9.10. The summed E-state index contributed by atoms with van der Waals surface area (Å²) in [7, 11) is 0. The molecule has 0 aliphatic carbocycles. The molecule has 1 aromatic carbocycles. The SMILES string of the molecule is CC(C)(CO)CCCNC(=O)Nc1ccc(Br)c(F)c1. The van der Waals surface area contributed by atoms with Crippen molar-refractivity contribution < 1.29 is 14.3 Å². The van der Waals surface area contributed by atoms with Crippen LogP contribution in [0.3, 0.4) is 0 Å². The quantitative estimate of drug-likeness (QED) is 0.690. The van der Waals surface area contributed by atoms with Crippen LogP contribution in [0.15, 0.2) is 22.7 Å². The molecule has 0 aliphatic rings. The Balaban J connectivity index is 2.32. The van der Waals surface area contributed by atoms with E-state index in [4.69, 9.17) is 5.11 Å². The lowest BCUT2D eigenvalue weighted by Crippen LogP contribution is -2.30. The number of anilines is 1. The molecule has 2 amide bonds. The molecule has 112 valence electrons. The Bertz CT molecular complexity index is 466. The van der Waals surface area contributed by atoms with Crippen LogP contribution < -0.4 is 10.6 Å². The molecule has 4 nitrogen and oxygen atoms in total. The fourth-order valence-electron chi connectivity index (χ4n) is 1.60. The third-order valence-corrected chi connectivity index (χ3v) is 3.56. The first-order valence-electron chi connectivity index (χ1n) is 6.45. The van der Waals surface area contributed by atoms with Crippen molar-refractivity contribution in [3.05, 3.63) is 28.5 Å². The molecule has 0 aromatic heterocycles. The lowest BCUT2D eigenvalue weighted by molar-refractivity contribution is 0.148. The molecule has 0 unspecified atom stereocenters. The lowest BCUT2D eigenvalue weighted by Gasteiger charge is -2.21. The Morgan fingerprint density at radius 3 is 2.75 bits per heavy atom. The molecule has 0 fully saturated rings.